The molecule has 0 saturated heterocycles. The van der Waals surface area contributed by atoms with Gasteiger partial charge in [-0.2, -0.15) is 0 Å². The first-order valence-corrected chi connectivity index (χ1v) is 6.37. The Bertz CT molecular complexity index is 296. The summed E-state index contributed by atoms with van der Waals surface area (Å²) in [6.07, 6.45) is 5.06. The van der Waals surface area contributed by atoms with Crippen LogP contribution in [0.5, 0.6) is 0 Å². The number of hydrogen-bond acceptors (Lipinski definition) is 2. The van der Waals surface area contributed by atoms with Gasteiger partial charge in [0, 0.05) is 6.04 Å². The van der Waals surface area contributed by atoms with Crippen LogP contribution in [0.4, 0.5) is 0 Å². The number of carboxylic acid groups (broad SMARTS) is 1. The molecule has 2 unspecified atom stereocenters. The van der Waals surface area contributed by atoms with E-state index in [1.807, 2.05) is 0 Å². The molecule has 2 atom stereocenters. The van der Waals surface area contributed by atoms with Gasteiger partial charge in [-0.1, -0.05) is 20.8 Å². The standard InChI is InChI=1S/C13H23NO2/c1-9-8-12(2,3)6-7-13(9,11(15)16)14-10-4-5-10/h9-10,14H,4-8H2,1-3H3,(H,15,16). The Morgan fingerprint density at radius 3 is 2.38 bits per heavy atom. The lowest BCUT2D eigenvalue weighted by molar-refractivity contribution is -0.150. The summed E-state index contributed by atoms with van der Waals surface area (Å²) in [5.74, 6) is -0.434. The molecule has 2 rings (SSSR count). The van der Waals surface area contributed by atoms with Crippen LogP contribution in [0.1, 0.15) is 52.9 Å². The van der Waals surface area contributed by atoms with Gasteiger partial charge < -0.3 is 5.11 Å². The zero-order chi connectivity index (χ0) is 12.0. The van der Waals surface area contributed by atoms with E-state index in [1.54, 1.807) is 0 Å². The highest BCUT2D eigenvalue weighted by Crippen LogP contribution is 2.45. The van der Waals surface area contributed by atoms with Gasteiger partial charge in [-0.3, -0.25) is 10.1 Å². The van der Waals surface area contributed by atoms with E-state index in [-0.39, 0.29) is 5.92 Å². The fourth-order valence-electron chi connectivity index (χ4n) is 3.07. The Morgan fingerprint density at radius 1 is 1.31 bits per heavy atom. The van der Waals surface area contributed by atoms with E-state index in [2.05, 4.69) is 26.1 Å². The number of nitrogens with one attached hydrogen (secondary N) is 1. The topological polar surface area (TPSA) is 49.3 Å². The average molecular weight is 225 g/mol. The van der Waals surface area contributed by atoms with E-state index in [0.29, 0.717) is 11.5 Å². The lowest BCUT2D eigenvalue weighted by atomic mass is 9.63. The summed E-state index contributed by atoms with van der Waals surface area (Å²) in [7, 11) is 0. The summed E-state index contributed by atoms with van der Waals surface area (Å²) in [5, 5.41) is 12.9. The van der Waals surface area contributed by atoms with Crippen LogP contribution in [-0.4, -0.2) is 22.7 Å². The highest BCUT2D eigenvalue weighted by Gasteiger charge is 2.51. The average Bonchev–Trinajstić information content (AvgIpc) is 2.92. The largest absolute Gasteiger partial charge is 0.480 e. The minimum atomic E-state index is -0.656. The van der Waals surface area contributed by atoms with Crippen LogP contribution >= 0.6 is 0 Å². The molecule has 2 saturated carbocycles. The lowest BCUT2D eigenvalue weighted by Crippen LogP contribution is -2.60. The van der Waals surface area contributed by atoms with Crippen molar-refractivity contribution in [3.05, 3.63) is 0 Å². The van der Waals surface area contributed by atoms with Crippen LogP contribution in [0.25, 0.3) is 0 Å². The van der Waals surface area contributed by atoms with Gasteiger partial charge >= 0.3 is 5.97 Å². The first-order valence-electron chi connectivity index (χ1n) is 6.37. The smallest absolute Gasteiger partial charge is 0.324 e. The Kier molecular flexibility index (Phi) is 2.77. The number of carboxylic acids is 1. The van der Waals surface area contributed by atoms with Gasteiger partial charge in [-0.15, -0.1) is 0 Å². The molecule has 2 aliphatic carbocycles. The fourth-order valence-corrected chi connectivity index (χ4v) is 3.07. The van der Waals surface area contributed by atoms with Crippen molar-refractivity contribution in [2.45, 2.75) is 64.5 Å². The second kappa shape index (κ2) is 3.73. The predicted octanol–water partition coefficient (Wildman–Crippen LogP) is 2.41. The van der Waals surface area contributed by atoms with Crippen molar-refractivity contribution in [2.24, 2.45) is 11.3 Å². The fraction of sp³-hybridized carbons (Fsp3) is 0.923. The molecule has 0 aromatic rings. The predicted molar refractivity (Wildman–Crippen MR) is 63.3 cm³/mol. The summed E-state index contributed by atoms with van der Waals surface area (Å²) in [5.41, 5.74) is -0.361. The maximum absolute atomic E-state index is 11.6. The van der Waals surface area contributed by atoms with Gasteiger partial charge in [-0.25, -0.2) is 0 Å². The Morgan fingerprint density at radius 2 is 1.94 bits per heavy atom. The zero-order valence-corrected chi connectivity index (χ0v) is 10.5. The summed E-state index contributed by atoms with van der Waals surface area (Å²) < 4.78 is 0. The minimum Gasteiger partial charge on any atom is -0.480 e. The number of carbonyl (C=O) groups is 1. The summed E-state index contributed by atoms with van der Waals surface area (Å²) in [6.45, 7) is 6.57. The van der Waals surface area contributed by atoms with E-state index >= 15 is 0 Å². The molecule has 0 radical (unpaired) electrons. The van der Waals surface area contributed by atoms with Gasteiger partial charge in [0.25, 0.3) is 0 Å². The molecule has 92 valence electrons. The SMILES string of the molecule is CC1CC(C)(C)CCC1(NC1CC1)C(=O)O. The van der Waals surface area contributed by atoms with Crippen LogP contribution in [0.3, 0.4) is 0 Å². The van der Waals surface area contributed by atoms with E-state index in [4.69, 9.17) is 0 Å². The molecule has 16 heavy (non-hydrogen) atoms. The molecule has 0 amide bonds. The van der Waals surface area contributed by atoms with E-state index in [9.17, 15) is 9.90 Å². The second-order valence-electron chi connectivity index (χ2n) is 6.46. The van der Waals surface area contributed by atoms with Gasteiger partial charge in [-0.05, 0) is 43.4 Å². The van der Waals surface area contributed by atoms with Gasteiger partial charge in [0.2, 0.25) is 0 Å². The van der Waals surface area contributed by atoms with Crippen molar-refractivity contribution in [3.8, 4) is 0 Å². The van der Waals surface area contributed by atoms with Crippen molar-refractivity contribution < 1.29 is 9.90 Å². The third kappa shape index (κ3) is 2.10. The third-order valence-electron chi connectivity index (χ3n) is 4.32. The minimum absolute atomic E-state index is 0.217. The van der Waals surface area contributed by atoms with Crippen molar-refractivity contribution in [1.82, 2.24) is 5.32 Å². The quantitative estimate of drug-likeness (QED) is 0.775. The van der Waals surface area contributed by atoms with Crippen LogP contribution in [0.2, 0.25) is 0 Å². The van der Waals surface area contributed by atoms with Crippen molar-refractivity contribution in [1.29, 1.82) is 0 Å². The maximum atomic E-state index is 11.6. The van der Waals surface area contributed by atoms with E-state index < -0.39 is 11.5 Å². The molecule has 0 aromatic carbocycles. The Labute approximate surface area is 97.6 Å². The lowest BCUT2D eigenvalue weighted by Gasteiger charge is -2.46. The molecule has 2 N–H and O–H groups in total. The maximum Gasteiger partial charge on any atom is 0.324 e. The van der Waals surface area contributed by atoms with Crippen LogP contribution in [-0.2, 0) is 4.79 Å². The number of aliphatic carboxylic acids is 1. The molecule has 2 aliphatic rings. The number of hydrogen-bond donors (Lipinski definition) is 2. The molecule has 0 bridgehead atoms. The first kappa shape index (κ1) is 11.9. The van der Waals surface area contributed by atoms with Gasteiger partial charge in [0.15, 0.2) is 0 Å². The van der Waals surface area contributed by atoms with Crippen molar-refractivity contribution in [3.63, 3.8) is 0 Å². The zero-order valence-electron chi connectivity index (χ0n) is 10.5. The first-order chi connectivity index (χ1) is 7.36. The van der Waals surface area contributed by atoms with Crippen LogP contribution < -0.4 is 5.32 Å². The van der Waals surface area contributed by atoms with Crippen LogP contribution in [0.15, 0.2) is 0 Å². The third-order valence-corrected chi connectivity index (χ3v) is 4.32. The van der Waals surface area contributed by atoms with Gasteiger partial charge in [0.05, 0.1) is 0 Å². The molecule has 3 heteroatoms. The summed E-state index contributed by atoms with van der Waals surface area (Å²) in [4.78, 5) is 11.6. The summed E-state index contributed by atoms with van der Waals surface area (Å²) >= 11 is 0. The second-order valence-corrected chi connectivity index (χ2v) is 6.46. The Balaban J connectivity index is 2.15. The molecular formula is C13H23NO2. The molecule has 0 aliphatic heterocycles. The molecule has 0 aromatic heterocycles. The Hall–Kier alpha value is -0.570. The highest BCUT2D eigenvalue weighted by molar-refractivity contribution is 5.79. The molecular weight excluding hydrogens is 202 g/mol. The molecule has 0 heterocycles. The van der Waals surface area contributed by atoms with Crippen molar-refractivity contribution in [2.75, 3.05) is 0 Å². The molecule has 0 spiro atoms. The normalized spacial score (nSPS) is 38.3. The summed E-state index contributed by atoms with van der Waals surface area (Å²) in [6, 6.07) is 0.458. The molecule has 2 fully saturated rings. The molecule has 3 nitrogen and oxygen atoms in total. The van der Waals surface area contributed by atoms with Crippen LogP contribution in [0, 0.1) is 11.3 Å². The monoisotopic (exact) mass is 225 g/mol. The number of rotatable bonds is 3. The van der Waals surface area contributed by atoms with Crippen molar-refractivity contribution >= 4 is 5.97 Å². The van der Waals surface area contributed by atoms with E-state index in [0.717, 1.165) is 32.1 Å². The van der Waals surface area contributed by atoms with Gasteiger partial charge in [0.1, 0.15) is 5.54 Å². The highest BCUT2D eigenvalue weighted by atomic mass is 16.4. The van der Waals surface area contributed by atoms with E-state index in [1.165, 1.54) is 0 Å².